The molecule has 0 aromatic heterocycles. The second-order valence-electron chi connectivity index (χ2n) is 5.45. The Hall–Kier alpha value is -2.04. The molecule has 0 aliphatic heterocycles. The Morgan fingerprint density at radius 2 is 2.10 bits per heavy atom. The molecule has 5 nitrogen and oxygen atoms in total. The van der Waals surface area contributed by atoms with E-state index < -0.39 is 17.4 Å². The maximum atomic E-state index is 11.7. The third-order valence-electron chi connectivity index (χ3n) is 3.43. The van der Waals surface area contributed by atoms with E-state index in [1.807, 2.05) is 18.2 Å². The van der Waals surface area contributed by atoms with Crippen LogP contribution in [0.5, 0.6) is 5.75 Å². The summed E-state index contributed by atoms with van der Waals surface area (Å²) in [6.07, 6.45) is 0.966. The molecule has 1 aliphatic rings. The van der Waals surface area contributed by atoms with E-state index in [1.54, 1.807) is 6.07 Å². The number of carboxylic acids is 1. The van der Waals surface area contributed by atoms with Gasteiger partial charge in [0.25, 0.3) is 5.91 Å². The van der Waals surface area contributed by atoms with Gasteiger partial charge in [0.05, 0.1) is 0 Å². The van der Waals surface area contributed by atoms with Gasteiger partial charge >= 0.3 is 5.97 Å². The summed E-state index contributed by atoms with van der Waals surface area (Å²) in [4.78, 5) is 22.7. The van der Waals surface area contributed by atoms with Crippen molar-refractivity contribution in [2.75, 3.05) is 6.61 Å². The summed E-state index contributed by atoms with van der Waals surface area (Å²) >= 11 is 0. The quantitative estimate of drug-likeness (QED) is 0.833. The topological polar surface area (TPSA) is 75.6 Å². The molecule has 0 heterocycles. The molecule has 108 valence electrons. The highest BCUT2D eigenvalue weighted by atomic mass is 16.5. The Balaban J connectivity index is 1.87. The SMILES string of the molecule is CC(C)c1cccc(OCC(=O)NC2(C(=O)O)CC2)c1. The van der Waals surface area contributed by atoms with E-state index in [4.69, 9.17) is 9.84 Å². The van der Waals surface area contributed by atoms with Crippen LogP contribution in [0.25, 0.3) is 0 Å². The van der Waals surface area contributed by atoms with Crippen molar-refractivity contribution in [2.24, 2.45) is 0 Å². The lowest BCUT2D eigenvalue weighted by Crippen LogP contribution is -2.45. The second kappa shape index (κ2) is 5.53. The highest BCUT2D eigenvalue weighted by molar-refractivity contribution is 5.90. The number of carboxylic acid groups (broad SMARTS) is 1. The third kappa shape index (κ3) is 3.29. The lowest BCUT2D eigenvalue weighted by Gasteiger charge is -2.13. The van der Waals surface area contributed by atoms with Gasteiger partial charge in [-0.2, -0.15) is 0 Å². The Morgan fingerprint density at radius 1 is 1.40 bits per heavy atom. The van der Waals surface area contributed by atoms with Crippen molar-refractivity contribution >= 4 is 11.9 Å². The van der Waals surface area contributed by atoms with Crippen molar-refractivity contribution in [3.05, 3.63) is 29.8 Å². The molecule has 2 rings (SSSR count). The maximum Gasteiger partial charge on any atom is 0.329 e. The zero-order valence-corrected chi connectivity index (χ0v) is 11.7. The molecule has 0 spiro atoms. The minimum Gasteiger partial charge on any atom is -0.484 e. The number of carbonyl (C=O) groups is 2. The zero-order valence-electron chi connectivity index (χ0n) is 11.7. The Morgan fingerprint density at radius 3 is 2.65 bits per heavy atom. The van der Waals surface area contributed by atoms with Gasteiger partial charge in [0.1, 0.15) is 11.3 Å². The number of hydrogen-bond donors (Lipinski definition) is 2. The molecule has 20 heavy (non-hydrogen) atoms. The summed E-state index contributed by atoms with van der Waals surface area (Å²) in [5.41, 5.74) is 0.0762. The van der Waals surface area contributed by atoms with Gasteiger partial charge in [-0.25, -0.2) is 4.79 Å². The monoisotopic (exact) mass is 277 g/mol. The van der Waals surface area contributed by atoms with Crippen LogP contribution in [-0.4, -0.2) is 29.1 Å². The average molecular weight is 277 g/mol. The molecular weight excluding hydrogens is 258 g/mol. The predicted octanol–water partition coefficient (Wildman–Crippen LogP) is 1.92. The summed E-state index contributed by atoms with van der Waals surface area (Å²) in [6.45, 7) is 3.99. The fourth-order valence-electron chi connectivity index (χ4n) is 1.93. The molecule has 0 bridgehead atoms. The Bertz CT molecular complexity index is 520. The van der Waals surface area contributed by atoms with Crippen molar-refractivity contribution in [1.29, 1.82) is 0 Å². The molecule has 1 fully saturated rings. The highest BCUT2D eigenvalue weighted by Crippen LogP contribution is 2.35. The van der Waals surface area contributed by atoms with Crippen LogP contribution >= 0.6 is 0 Å². The van der Waals surface area contributed by atoms with Crippen LogP contribution < -0.4 is 10.1 Å². The number of amides is 1. The molecule has 2 N–H and O–H groups in total. The average Bonchev–Trinajstić information content (AvgIpc) is 3.17. The third-order valence-corrected chi connectivity index (χ3v) is 3.43. The highest BCUT2D eigenvalue weighted by Gasteiger charge is 2.51. The van der Waals surface area contributed by atoms with Crippen molar-refractivity contribution < 1.29 is 19.4 Å². The van der Waals surface area contributed by atoms with Gasteiger partial charge in [0.15, 0.2) is 6.61 Å². The lowest BCUT2D eigenvalue weighted by molar-refractivity contribution is -0.143. The van der Waals surface area contributed by atoms with Crippen molar-refractivity contribution in [1.82, 2.24) is 5.32 Å². The van der Waals surface area contributed by atoms with Gasteiger partial charge in [0.2, 0.25) is 0 Å². The number of rotatable bonds is 6. The summed E-state index contributed by atoms with van der Waals surface area (Å²) in [7, 11) is 0. The number of aliphatic carboxylic acids is 1. The second-order valence-corrected chi connectivity index (χ2v) is 5.45. The molecule has 1 amide bonds. The first-order valence-electron chi connectivity index (χ1n) is 6.70. The minimum absolute atomic E-state index is 0.170. The predicted molar refractivity (Wildman–Crippen MR) is 73.8 cm³/mol. The molecule has 1 aromatic rings. The van der Waals surface area contributed by atoms with Crippen LogP contribution in [0.1, 0.15) is 38.2 Å². The van der Waals surface area contributed by atoms with Gasteiger partial charge in [-0.05, 0) is 36.5 Å². The first kappa shape index (κ1) is 14.4. The maximum absolute atomic E-state index is 11.7. The van der Waals surface area contributed by atoms with Gasteiger partial charge in [-0.3, -0.25) is 4.79 Å². The van der Waals surface area contributed by atoms with Crippen LogP contribution in [-0.2, 0) is 9.59 Å². The van der Waals surface area contributed by atoms with Crippen LogP contribution in [0, 0.1) is 0 Å². The summed E-state index contributed by atoms with van der Waals surface area (Å²) in [5.74, 6) is -0.381. The van der Waals surface area contributed by atoms with Gasteiger partial charge in [-0.15, -0.1) is 0 Å². The van der Waals surface area contributed by atoms with E-state index >= 15 is 0 Å². The van der Waals surface area contributed by atoms with E-state index in [2.05, 4.69) is 19.2 Å². The van der Waals surface area contributed by atoms with E-state index in [0.717, 1.165) is 5.56 Å². The number of benzene rings is 1. The lowest BCUT2D eigenvalue weighted by atomic mass is 10.0. The van der Waals surface area contributed by atoms with E-state index in [-0.39, 0.29) is 6.61 Å². The smallest absolute Gasteiger partial charge is 0.329 e. The molecule has 5 heteroatoms. The molecule has 0 saturated heterocycles. The molecular formula is C15H19NO4. The Labute approximate surface area is 117 Å². The number of ether oxygens (including phenoxy) is 1. The van der Waals surface area contributed by atoms with E-state index in [1.165, 1.54) is 0 Å². The first-order chi connectivity index (χ1) is 9.43. The van der Waals surface area contributed by atoms with Crippen molar-refractivity contribution in [3.63, 3.8) is 0 Å². The van der Waals surface area contributed by atoms with Gasteiger partial charge in [0, 0.05) is 0 Å². The fourth-order valence-corrected chi connectivity index (χ4v) is 1.93. The number of carbonyl (C=O) groups excluding carboxylic acids is 1. The van der Waals surface area contributed by atoms with E-state index in [0.29, 0.717) is 24.5 Å². The number of hydrogen-bond acceptors (Lipinski definition) is 3. The van der Waals surface area contributed by atoms with E-state index in [9.17, 15) is 9.59 Å². The standard InChI is InChI=1S/C15H19NO4/c1-10(2)11-4-3-5-12(8-11)20-9-13(17)16-15(6-7-15)14(18)19/h3-5,8,10H,6-7,9H2,1-2H3,(H,16,17)(H,18,19). The molecule has 1 saturated carbocycles. The largest absolute Gasteiger partial charge is 0.484 e. The van der Waals surface area contributed by atoms with Crippen LogP contribution in [0.15, 0.2) is 24.3 Å². The molecule has 1 aromatic carbocycles. The summed E-state index contributed by atoms with van der Waals surface area (Å²) in [6, 6.07) is 7.55. The van der Waals surface area contributed by atoms with Gasteiger partial charge in [-0.1, -0.05) is 26.0 Å². The number of nitrogens with one attached hydrogen (secondary N) is 1. The summed E-state index contributed by atoms with van der Waals surface area (Å²) < 4.78 is 5.41. The van der Waals surface area contributed by atoms with Crippen LogP contribution in [0.3, 0.4) is 0 Å². The molecule has 0 atom stereocenters. The molecule has 1 aliphatic carbocycles. The van der Waals surface area contributed by atoms with Crippen LogP contribution in [0.4, 0.5) is 0 Å². The van der Waals surface area contributed by atoms with Gasteiger partial charge < -0.3 is 15.2 Å². The zero-order chi connectivity index (χ0) is 14.8. The van der Waals surface area contributed by atoms with Crippen molar-refractivity contribution in [3.8, 4) is 5.75 Å². The van der Waals surface area contributed by atoms with Crippen LogP contribution in [0.2, 0.25) is 0 Å². The summed E-state index contributed by atoms with van der Waals surface area (Å²) in [5, 5.41) is 11.5. The first-order valence-corrected chi connectivity index (χ1v) is 6.70. The fraction of sp³-hybridized carbons (Fsp3) is 0.467. The molecule has 0 radical (unpaired) electrons. The normalized spacial score (nSPS) is 15.8. The Kier molecular flexibility index (Phi) is 3.97. The van der Waals surface area contributed by atoms with Crippen molar-refractivity contribution in [2.45, 2.75) is 38.1 Å². The minimum atomic E-state index is -1.06. The molecule has 0 unspecified atom stereocenters.